The van der Waals surface area contributed by atoms with Crippen LogP contribution < -0.4 is 0 Å². The van der Waals surface area contributed by atoms with E-state index in [1.54, 1.807) is 20.8 Å². The molecule has 1 aliphatic rings. The molecule has 0 aromatic heterocycles. The lowest BCUT2D eigenvalue weighted by Gasteiger charge is -2.29. The summed E-state index contributed by atoms with van der Waals surface area (Å²) in [7, 11) is 1.44. The van der Waals surface area contributed by atoms with Crippen LogP contribution in [-0.4, -0.2) is 46.9 Å². The molecule has 1 saturated carbocycles. The molecule has 1 rings (SSSR count). The molecule has 1 fully saturated rings. The quantitative estimate of drug-likeness (QED) is 0.826. The Morgan fingerprint density at radius 1 is 1.33 bits per heavy atom. The zero-order chi connectivity index (χ0) is 14.1. The fourth-order valence-corrected chi connectivity index (χ4v) is 2.07. The summed E-state index contributed by atoms with van der Waals surface area (Å²) in [5.41, 5.74) is -0.651. The molecule has 0 radical (unpaired) electrons. The molecular formula is C12H20FNO4. The van der Waals surface area contributed by atoms with Gasteiger partial charge < -0.3 is 14.7 Å². The van der Waals surface area contributed by atoms with Gasteiger partial charge >= 0.3 is 12.1 Å². The maximum Gasteiger partial charge on any atom is 0.410 e. The van der Waals surface area contributed by atoms with E-state index in [1.807, 2.05) is 0 Å². The van der Waals surface area contributed by atoms with Crippen molar-refractivity contribution in [1.82, 2.24) is 4.90 Å². The van der Waals surface area contributed by atoms with Crippen molar-refractivity contribution in [2.75, 3.05) is 7.05 Å². The Morgan fingerprint density at radius 2 is 1.89 bits per heavy atom. The highest BCUT2D eigenvalue weighted by Crippen LogP contribution is 2.32. The molecule has 0 aromatic carbocycles. The molecule has 0 bridgehead atoms. The number of ether oxygens (including phenoxy) is 1. The average molecular weight is 261 g/mol. The van der Waals surface area contributed by atoms with Gasteiger partial charge in [-0.15, -0.1) is 0 Å². The van der Waals surface area contributed by atoms with Crippen molar-refractivity contribution >= 4 is 12.1 Å². The van der Waals surface area contributed by atoms with Crippen LogP contribution in [0.3, 0.4) is 0 Å². The van der Waals surface area contributed by atoms with Gasteiger partial charge in [-0.05, 0) is 33.6 Å². The van der Waals surface area contributed by atoms with Crippen LogP contribution in [0.5, 0.6) is 0 Å². The minimum atomic E-state index is -1.54. The molecule has 0 spiro atoms. The smallest absolute Gasteiger partial charge is 0.410 e. The summed E-state index contributed by atoms with van der Waals surface area (Å²) in [5, 5.41) is 8.83. The number of alkyl halides is 1. The first-order valence-corrected chi connectivity index (χ1v) is 5.96. The predicted octanol–water partition coefficient (Wildman–Crippen LogP) is 2.05. The van der Waals surface area contributed by atoms with Gasteiger partial charge in [0, 0.05) is 7.05 Å². The van der Waals surface area contributed by atoms with E-state index in [0.717, 1.165) is 0 Å². The number of hydrogen-bond donors (Lipinski definition) is 1. The van der Waals surface area contributed by atoms with E-state index in [2.05, 4.69) is 0 Å². The van der Waals surface area contributed by atoms with Crippen molar-refractivity contribution in [2.45, 2.75) is 51.4 Å². The number of nitrogens with zero attached hydrogens (tertiary/aromatic N) is 1. The number of aliphatic carboxylic acids is 1. The molecular weight excluding hydrogens is 241 g/mol. The molecule has 1 amide bonds. The second kappa shape index (κ2) is 5.12. The summed E-state index contributed by atoms with van der Waals surface area (Å²) in [6.45, 7) is 5.17. The Bertz CT molecular complexity index is 339. The van der Waals surface area contributed by atoms with E-state index in [-0.39, 0.29) is 6.42 Å². The second-order valence-electron chi connectivity index (χ2n) is 5.63. The van der Waals surface area contributed by atoms with Gasteiger partial charge in [-0.25, -0.2) is 9.18 Å². The molecule has 0 aliphatic heterocycles. The van der Waals surface area contributed by atoms with Gasteiger partial charge in [0.1, 0.15) is 11.8 Å². The number of hydrogen-bond acceptors (Lipinski definition) is 3. The number of carboxylic acid groups (broad SMARTS) is 1. The topological polar surface area (TPSA) is 66.8 Å². The van der Waals surface area contributed by atoms with Crippen molar-refractivity contribution < 1.29 is 23.8 Å². The summed E-state index contributed by atoms with van der Waals surface area (Å²) in [4.78, 5) is 23.7. The van der Waals surface area contributed by atoms with E-state index in [1.165, 1.54) is 11.9 Å². The Balaban J connectivity index is 2.66. The number of halogens is 1. The van der Waals surface area contributed by atoms with Gasteiger partial charge in [0.05, 0.1) is 12.0 Å². The van der Waals surface area contributed by atoms with Crippen LogP contribution in [0.15, 0.2) is 0 Å². The summed E-state index contributed by atoms with van der Waals surface area (Å²) >= 11 is 0. The monoisotopic (exact) mass is 261 g/mol. The lowest BCUT2D eigenvalue weighted by molar-refractivity contribution is -0.143. The first kappa shape index (κ1) is 14.7. The van der Waals surface area contributed by atoms with E-state index < -0.39 is 35.8 Å². The molecule has 3 atom stereocenters. The molecule has 18 heavy (non-hydrogen) atoms. The third kappa shape index (κ3) is 3.34. The molecule has 1 aliphatic carbocycles. The normalized spacial score (nSPS) is 27.9. The Labute approximate surface area is 106 Å². The third-order valence-electron chi connectivity index (χ3n) is 3.02. The highest BCUT2D eigenvalue weighted by molar-refractivity contribution is 5.72. The molecule has 0 heterocycles. The maximum atomic E-state index is 13.9. The van der Waals surface area contributed by atoms with Crippen molar-refractivity contribution in [3.05, 3.63) is 0 Å². The van der Waals surface area contributed by atoms with Crippen LogP contribution in [0.2, 0.25) is 0 Å². The lowest BCUT2D eigenvalue weighted by Crippen LogP contribution is -2.44. The van der Waals surface area contributed by atoms with Gasteiger partial charge in [0.15, 0.2) is 0 Å². The van der Waals surface area contributed by atoms with E-state index in [0.29, 0.717) is 6.42 Å². The van der Waals surface area contributed by atoms with E-state index in [9.17, 15) is 14.0 Å². The first-order valence-electron chi connectivity index (χ1n) is 5.96. The largest absolute Gasteiger partial charge is 0.481 e. The van der Waals surface area contributed by atoms with Crippen molar-refractivity contribution in [1.29, 1.82) is 0 Å². The zero-order valence-corrected chi connectivity index (χ0v) is 11.1. The van der Waals surface area contributed by atoms with E-state index >= 15 is 0 Å². The van der Waals surface area contributed by atoms with Crippen LogP contribution in [0.25, 0.3) is 0 Å². The first-order chi connectivity index (χ1) is 8.13. The number of amides is 1. The Morgan fingerprint density at radius 3 is 2.28 bits per heavy atom. The summed E-state index contributed by atoms with van der Waals surface area (Å²) in [6.07, 6.45) is -1.58. The van der Waals surface area contributed by atoms with E-state index in [4.69, 9.17) is 9.84 Å². The van der Waals surface area contributed by atoms with Crippen LogP contribution in [0, 0.1) is 5.92 Å². The minimum absolute atomic E-state index is 0.244. The predicted molar refractivity (Wildman–Crippen MR) is 63.0 cm³/mol. The second-order valence-corrected chi connectivity index (χ2v) is 5.63. The van der Waals surface area contributed by atoms with Gasteiger partial charge in [-0.2, -0.15) is 0 Å². The van der Waals surface area contributed by atoms with Crippen LogP contribution in [0.1, 0.15) is 33.6 Å². The number of carbonyl (C=O) groups excluding carboxylic acids is 1. The number of carboxylic acids is 1. The van der Waals surface area contributed by atoms with Gasteiger partial charge in [0.2, 0.25) is 0 Å². The molecule has 5 nitrogen and oxygen atoms in total. The summed E-state index contributed by atoms with van der Waals surface area (Å²) in [5.74, 6) is -2.18. The highest BCUT2D eigenvalue weighted by Gasteiger charge is 2.44. The Kier molecular flexibility index (Phi) is 4.19. The minimum Gasteiger partial charge on any atom is -0.481 e. The highest BCUT2D eigenvalue weighted by atomic mass is 19.1. The van der Waals surface area contributed by atoms with Crippen molar-refractivity contribution in [3.63, 3.8) is 0 Å². The molecule has 1 N–H and O–H groups in total. The van der Waals surface area contributed by atoms with Crippen molar-refractivity contribution in [3.8, 4) is 0 Å². The maximum absolute atomic E-state index is 13.9. The van der Waals surface area contributed by atoms with Gasteiger partial charge in [0.25, 0.3) is 0 Å². The molecule has 6 heteroatoms. The fraction of sp³-hybridized carbons (Fsp3) is 0.833. The number of rotatable bonds is 2. The molecule has 0 aromatic rings. The Hall–Kier alpha value is -1.33. The summed E-state index contributed by atoms with van der Waals surface area (Å²) < 4.78 is 19.0. The SMILES string of the molecule is CN(C(=O)OC(C)(C)C)[C@@H]1CC[C@H](C(=O)O)[C@H]1F. The van der Waals surface area contributed by atoms with Crippen LogP contribution >= 0.6 is 0 Å². The van der Waals surface area contributed by atoms with Crippen molar-refractivity contribution in [2.24, 2.45) is 5.92 Å². The standard InChI is InChI=1S/C12H20FNO4/c1-12(2,3)18-11(17)14(4)8-6-5-7(9(8)13)10(15)16/h7-9H,5-6H2,1-4H3,(H,15,16)/t7-,8+,9+/m0/s1. The fourth-order valence-electron chi connectivity index (χ4n) is 2.07. The zero-order valence-electron chi connectivity index (χ0n) is 11.1. The molecule has 0 unspecified atom stereocenters. The number of carbonyl (C=O) groups is 2. The lowest BCUT2D eigenvalue weighted by atomic mass is 10.1. The van der Waals surface area contributed by atoms with Crippen LogP contribution in [-0.2, 0) is 9.53 Å². The molecule has 104 valence electrons. The van der Waals surface area contributed by atoms with Gasteiger partial charge in [-0.1, -0.05) is 0 Å². The van der Waals surface area contributed by atoms with Gasteiger partial charge in [-0.3, -0.25) is 4.79 Å². The third-order valence-corrected chi connectivity index (χ3v) is 3.02. The van der Waals surface area contributed by atoms with Crippen LogP contribution in [0.4, 0.5) is 9.18 Å². The average Bonchev–Trinajstić information content (AvgIpc) is 2.56. The molecule has 0 saturated heterocycles. The summed E-state index contributed by atoms with van der Waals surface area (Å²) in [6, 6.07) is -0.721.